The summed E-state index contributed by atoms with van der Waals surface area (Å²) >= 11 is 0. The number of benzene rings is 2. The number of carbonyl (C=O) groups is 2. The molecule has 2 rings (SSSR count). The third-order valence-corrected chi connectivity index (χ3v) is 3.84. The summed E-state index contributed by atoms with van der Waals surface area (Å²) in [5.74, 6) is -0.346. The minimum Gasteiger partial charge on any atom is -0.491 e. The molecule has 2 N–H and O–H groups in total. The molecule has 0 bridgehead atoms. The zero-order valence-electron chi connectivity index (χ0n) is 14.7. The van der Waals surface area contributed by atoms with Gasteiger partial charge < -0.3 is 19.9 Å². The molecule has 0 atom stereocenters. The van der Waals surface area contributed by atoms with Crippen LogP contribution >= 0.6 is 0 Å². The molecule has 0 unspecified atom stereocenters. The standard InChI is InChI=1S/C20H23NO5/c1-25-12-13-26-17-9-6-15(7-10-17)14-21-19(22)11-8-16-4-2-3-5-18(16)20(23)24/h2-7,9-10H,8,11-14H2,1H3,(H,21,22)(H,23,24). The summed E-state index contributed by atoms with van der Waals surface area (Å²) in [5, 5.41) is 12.0. The summed E-state index contributed by atoms with van der Waals surface area (Å²) in [4.78, 5) is 23.2. The van der Waals surface area contributed by atoms with Gasteiger partial charge in [0.1, 0.15) is 12.4 Å². The smallest absolute Gasteiger partial charge is 0.335 e. The van der Waals surface area contributed by atoms with Crippen molar-refractivity contribution >= 4 is 11.9 Å². The number of carbonyl (C=O) groups excluding carboxylic acids is 1. The molecule has 2 aromatic carbocycles. The van der Waals surface area contributed by atoms with Gasteiger partial charge in [-0.2, -0.15) is 0 Å². The Kier molecular flexibility index (Phi) is 7.64. The second-order valence-corrected chi connectivity index (χ2v) is 5.72. The van der Waals surface area contributed by atoms with Gasteiger partial charge in [0.25, 0.3) is 0 Å². The van der Waals surface area contributed by atoms with Crippen molar-refractivity contribution < 1.29 is 24.2 Å². The van der Waals surface area contributed by atoms with Crippen LogP contribution in [0.4, 0.5) is 0 Å². The van der Waals surface area contributed by atoms with Gasteiger partial charge in [0.2, 0.25) is 5.91 Å². The van der Waals surface area contributed by atoms with Gasteiger partial charge in [0.05, 0.1) is 12.2 Å². The van der Waals surface area contributed by atoms with Gasteiger partial charge in [-0.15, -0.1) is 0 Å². The molecule has 0 aliphatic heterocycles. The molecule has 0 aliphatic rings. The number of carboxylic acid groups (broad SMARTS) is 1. The second-order valence-electron chi connectivity index (χ2n) is 5.72. The SMILES string of the molecule is COCCOc1ccc(CNC(=O)CCc2ccccc2C(=O)O)cc1. The Labute approximate surface area is 152 Å². The van der Waals surface area contributed by atoms with Crippen molar-refractivity contribution in [2.75, 3.05) is 20.3 Å². The molecule has 2 aromatic rings. The largest absolute Gasteiger partial charge is 0.491 e. The molecule has 1 amide bonds. The Morgan fingerprint density at radius 2 is 1.77 bits per heavy atom. The molecule has 0 spiro atoms. The van der Waals surface area contributed by atoms with Gasteiger partial charge in [-0.1, -0.05) is 30.3 Å². The number of hydrogen-bond donors (Lipinski definition) is 2. The molecule has 0 aliphatic carbocycles. The first kappa shape index (κ1) is 19.5. The lowest BCUT2D eigenvalue weighted by atomic mass is 10.0. The van der Waals surface area contributed by atoms with Crippen LogP contribution in [0.5, 0.6) is 5.75 Å². The molecule has 138 valence electrons. The van der Waals surface area contributed by atoms with Gasteiger partial charge in [0.15, 0.2) is 0 Å². The second kappa shape index (κ2) is 10.2. The van der Waals surface area contributed by atoms with Crippen molar-refractivity contribution in [3.05, 3.63) is 65.2 Å². The predicted molar refractivity (Wildman–Crippen MR) is 97.4 cm³/mol. The van der Waals surface area contributed by atoms with Crippen LogP contribution in [0.25, 0.3) is 0 Å². The third kappa shape index (κ3) is 6.22. The monoisotopic (exact) mass is 357 g/mol. The predicted octanol–water partition coefficient (Wildman–Crippen LogP) is 2.66. The summed E-state index contributed by atoms with van der Waals surface area (Å²) < 4.78 is 10.4. The van der Waals surface area contributed by atoms with Gasteiger partial charge in [0, 0.05) is 20.1 Å². The number of carboxylic acids is 1. The molecular formula is C20H23NO5. The summed E-state index contributed by atoms with van der Waals surface area (Å²) in [6.07, 6.45) is 0.628. The highest BCUT2D eigenvalue weighted by Crippen LogP contribution is 2.13. The summed E-state index contributed by atoms with van der Waals surface area (Å²) in [6.45, 7) is 1.44. The van der Waals surface area contributed by atoms with Crippen molar-refractivity contribution in [1.82, 2.24) is 5.32 Å². The Bertz CT molecular complexity index is 727. The first-order valence-corrected chi connectivity index (χ1v) is 8.38. The van der Waals surface area contributed by atoms with E-state index in [9.17, 15) is 9.59 Å². The first-order chi connectivity index (χ1) is 12.6. The average Bonchev–Trinajstić information content (AvgIpc) is 2.66. The van der Waals surface area contributed by atoms with E-state index in [2.05, 4.69) is 5.32 Å². The van der Waals surface area contributed by atoms with E-state index in [1.54, 1.807) is 31.4 Å². The molecular weight excluding hydrogens is 334 g/mol. The van der Waals surface area contributed by atoms with Crippen molar-refractivity contribution in [3.8, 4) is 5.75 Å². The van der Waals surface area contributed by atoms with E-state index in [0.717, 1.165) is 11.3 Å². The van der Waals surface area contributed by atoms with Crippen molar-refractivity contribution in [2.45, 2.75) is 19.4 Å². The van der Waals surface area contributed by atoms with E-state index in [0.29, 0.717) is 31.7 Å². The normalized spacial score (nSPS) is 10.3. The lowest BCUT2D eigenvalue weighted by Crippen LogP contribution is -2.23. The highest BCUT2D eigenvalue weighted by Gasteiger charge is 2.10. The fourth-order valence-corrected chi connectivity index (χ4v) is 2.43. The van der Waals surface area contributed by atoms with Gasteiger partial charge in [-0.3, -0.25) is 4.79 Å². The molecule has 26 heavy (non-hydrogen) atoms. The van der Waals surface area contributed by atoms with Crippen molar-refractivity contribution in [1.29, 1.82) is 0 Å². The number of amides is 1. The number of nitrogens with one attached hydrogen (secondary N) is 1. The quantitative estimate of drug-likeness (QED) is 0.639. The fourth-order valence-electron chi connectivity index (χ4n) is 2.43. The van der Waals surface area contributed by atoms with Crippen LogP contribution in [0.15, 0.2) is 48.5 Å². The van der Waals surface area contributed by atoms with Crippen LogP contribution in [0.1, 0.15) is 27.9 Å². The number of rotatable bonds is 10. The minimum absolute atomic E-state index is 0.120. The molecule has 0 saturated heterocycles. The van der Waals surface area contributed by atoms with E-state index in [1.165, 1.54) is 0 Å². The van der Waals surface area contributed by atoms with E-state index >= 15 is 0 Å². The van der Waals surface area contributed by atoms with Crippen molar-refractivity contribution in [3.63, 3.8) is 0 Å². The Morgan fingerprint density at radius 3 is 2.46 bits per heavy atom. The van der Waals surface area contributed by atoms with Crippen LogP contribution in [0.3, 0.4) is 0 Å². The number of aryl methyl sites for hydroxylation is 1. The molecule has 0 fully saturated rings. The highest BCUT2D eigenvalue weighted by molar-refractivity contribution is 5.89. The number of methoxy groups -OCH3 is 1. The van der Waals surface area contributed by atoms with E-state index in [-0.39, 0.29) is 17.9 Å². The molecule has 0 heterocycles. The van der Waals surface area contributed by atoms with Gasteiger partial charge in [-0.25, -0.2) is 4.79 Å². The van der Waals surface area contributed by atoms with E-state index in [1.807, 2.05) is 24.3 Å². The van der Waals surface area contributed by atoms with E-state index in [4.69, 9.17) is 14.6 Å². The third-order valence-electron chi connectivity index (χ3n) is 3.84. The zero-order chi connectivity index (χ0) is 18.8. The number of aromatic carboxylic acids is 1. The number of ether oxygens (including phenoxy) is 2. The minimum atomic E-state index is -0.978. The van der Waals surface area contributed by atoms with Crippen LogP contribution < -0.4 is 10.1 Å². The lowest BCUT2D eigenvalue weighted by molar-refractivity contribution is -0.121. The maximum Gasteiger partial charge on any atom is 0.335 e. The van der Waals surface area contributed by atoms with Crippen LogP contribution in [-0.2, 0) is 22.5 Å². The topological polar surface area (TPSA) is 84.9 Å². The molecule has 6 nitrogen and oxygen atoms in total. The molecule has 0 aromatic heterocycles. The fraction of sp³-hybridized carbons (Fsp3) is 0.300. The van der Waals surface area contributed by atoms with Crippen LogP contribution in [0.2, 0.25) is 0 Å². The van der Waals surface area contributed by atoms with Crippen LogP contribution in [0, 0.1) is 0 Å². The lowest BCUT2D eigenvalue weighted by Gasteiger charge is -2.09. The first-order valence-electron chi connectivity index (χ1n) is 8.38. The molecule has 0 saturated carbocycles. The Balaban J connectivity index is 1.77. The summed E-state index contributed by atoms with van der Waals surface area (Å²) in [7, 11) is 1.62. The average molecular weight is 357 g/mol. The van der Waals surface area contributed by atoms with E-state index < -0.39 is 5.97 Å². The highest BCUT2D eigenvalue weighted by atomic mass is 16.5. The zero-order valence-corrected chi connectivity index (χ0v) is 14.7. The summed E-state index contributed by atoms with van der Waals surface area (Å²) in [6, 6.07) is 14.2. The Hall–Kier alpha value is -2.86. The summed E-state index contributed by atoms with van der Waals surface area (Å²) in [5.41, 5.74) is 1.86. The van der Waals surface area contributed by atoms with Gasteiger partial charge >= 0.3 is 5.97 Å². The van der Waals surface area contributed by atoms with Gasteiger partial charge in [-0.05, 0) is 35.7 Å². The maximum atomic E-state index is 12.0. The number of hydrogen-bond acceptors (Lipinski definition) is 4. The maximum absolute atomic E-state index is 12.0. The molecule has 6 heteroatoms. The van der Waals surface area contributed by atoms with Crippen LogP contribution in [-0.4, -0.2) is 37.3 Å². The Morgan fingerprint density at radius 1 is 1.04 bits per heavy atom. The van der Waals surface area contributed by atoms with Crippen molar-refractivity contribution in [2.24, 2.45) is 0 Å². The molecule has 0 radical (unpaired) electrons.